The molecule has 0 saturated heterocycles. The standard InChI is InChI=1S/C15H18O3/c1-18-15(17)13-9-5-8-12(14(13)16)10-11-6-3-2-4-7-11/h2-4,6-7,12-13H,5,8-10H2,1H3. The second kappa shape index (κ2) is 5.80. The van der Waals surface area contributed by atoms with Crippen molar-refractivity contribution in [1.82, 2.24) is 0 Å². The van der Waals surface area contributed by atoms with Crippen LogP contribution in [0.4, 0.5) is 0 Å². The van der Waals surface area contributed by atoms with Crippen molar-refractivity contribution < 1.29 is 14.3 Å². The summed E-state index contributed by atoms with van der Waals surface area (Å²) in [6.07, 6.45) is 3.16. The van der Waals surface area contributed by atoms with Crippen LogP contribution in [0.15, 0.2) is 30.3 Å². The van der Waals surface area contributed by atoms with E-state index in [4.69, 9.17) is 4.74 Å². The summed E-state index contributed by atoms with van der Waals surface area (Å²) in [7, 11) is 1.34. The van der Waals surface area contributed by atoms with Gasteiger partial charge in [-0.1, -0.05) is 36.8 Å². The molecule has 0 N–H and O–H groups in total. The van der Waals surface area contributed by atoms with Gasteiger partial charge in [0.2, 0.25) is 0 Å². The Morgan fingerprint density at radius 2 is 2.00 bits per heavy atom. The van der Waals surface area contributed by atoms with Crippen molar-refractivity contribution in [3.63, 3.8) is 0 Å². The monoisotopic (exact) mass is 246 g/mol. The normalized spacial score (nSPS) is 23.7. The molecule has 2 atom stereocenters. The molecule has 0 amide bonds. The van der Waals surface area contributed by atoms with Crippen LogP contribution in [0, 0.1) is 11.8 Å². The molecule has 1 aliphatic carbocycles. The molecule has 1 aliphatic rings. The molecule has 0 aliphatic heterocycles. The summed E-state index contributed by atoms with van der Waals surface area (Å²) in [5.41, 5.74) is 1.15. The highest BCUT2D eigenvalue weighted by Crippen LogP contribution is 2.29. The molecule has 1 saturated carbocycles. The van der Waals surface area contributed by atoms with Gasteiger partial charge in [-0.2, -0.15) is 0 Å². The number of hydrogen-bond acceptors (Lipinski definition) is 3. The predicted octanol–water partition coefficient (Wildman–Crippen LogP) is 2.39. The van der Waals surface area contributed by atoms with E-state index in [9.17, 15) is 9.59 Å². The number of ether oxygens (including phenoxy) is 1. The first-order valence-electron chi connectivity index (χ1n) is 6.38. The highest BCUT2D eigenvalue weighted by molar-refractivity contribution is 6.00. The summed E-state index contributed by atoms with van der Waals surface area (Å²) in [5.74, 6) is -0.905. The lowest BCUT2D eigenvalue weighted by Crippen LogP contribution is -2.35. The Kier molecular flexibility index (Phi) is 4.13. The Labute approximate surface area is 107 Å². The maximum absolute atomic E-state index is 12.2. The smallest absolute Gasteiger partial charge is 0.316 e. The van der Waals surface area contributed by atoms with Crippen molar-refractivity contribution in [2.75, 3.05) is 7.11 Å². The summed E-state index contributed by atoms with van der Waals surface area (Å²) in [4.78, 5) is 23.8. The average molecular weight is 246 g/mol. The van der Waals surface area contributed by atoms with E-state index in [1.807, 2.05) is 30.3 Å². The molecule has 1 fully saturated rings. The number of methoxy groups -OCH3 is 1. The van der Waals surface area contributed by atoms with Crippen LogP contribution in [0.25, 0.3) is 0 Å². The molecule has 2 rings (SSSR count). The van der Waals surface area contributed by atoms with Crippen molar-refractivity contribution in [3.8, 4) is 0 Å². The summed E-state index contributed by atoms with van der Waals surface area (Å²) < 4.78 is 4.70. The number of esters is 1. The Morgan fingerprint density at radius 1 is 1.28 bits per heavy atom. The lowest BCUT2D eigenvalue weighted by Gasteiger charge is -2.26. The van der Waals surface area contributed by atoms with E-state index < -0.39 is 5.92 Å². The first-order valence-corrected chi connectivity index (χ1v) is 6.38. The number of Topliss-reactive ketones (excluding diaryl/α,β-unsaturated/α-hetero) is 1. The first kappa shape index (κ1) is 12.8. The number of carbonyl (C=O) groups excluding carboxylic acids is 2. The Bertz CT molecular complexity index is 425. The first-order chi connectivity index (χ1) is 8.72. The Hall–Kier alpha value is -1.64. The Balaban J connectivity index is 2.05. The molecule has 1 aromatic carbocycles. The molecular formula is C15H18O3. The van der Waals surface area contributed by atoms with E-state index in [-0.39, 0.29) is 17.7 Å². The van der Waals surface area contributed by atoms with Crippen molar-refractivity contribution >= 4 is 11.8 Å². The average Bonchev–Trinajstić information content (AvgIpc) is 2.41. The number of rotatable bonds is 3. The maximum Gasteiger partial charge on any atom is 0.316 e. The number of benzene rings is 1. The predicted molar refractivity (Wildman–Crippen MR) is 68.0 cm³/mol. The van der Waals surface area contributed by atoms with Gasteiger partial charge in [0.1, 0.15) is 11.7 Å². The zero-order chi connectivity index (χ0) is 13.0. The molecule has 3 heteroatoms. The molecule has 0 radical (unpaired) electrons. The van der Waals surface area contributed by atoms with Crippen molar-refractivity contribution in [2.45, 2.75) is 25.7 Å². The van der Waals surface area contributed by atoms with Crippen LogP contribution in [-0.4, -0.2) is 18.9 Å². The third-order valence-corrected chi connectivity index (χ3v) is 3.60. The molecule has 3 nitrogen and oxygen atoms in total. The van der Waals surface area contributed by atoms with Crippen LogP contribution in [0.2, 0.25) is 0 Å². The number of carbonyl (C=O) groups is 2. The molecule has 96 valence electrons. The van der Waals surface area contributed by atoms with Gasteiger partial charge in [-0.15, -0.1) is 0 Å². The number of hydrogen-bond donors (Lipinski definition) is 0. The van der Waals surface area contributed by atoms with E-state index in [2.05, 4.69) is 0 Å². The molecular weight excluding hydrogens is 228 g/mol. The maximum atomic E-state index is 12.2. The molecule has 18 heavy (non-hydrogen) atoms. The van der Waals surface area contributed by atoms with Gasteiger partial charge in [-0.05, 0) is 24.8 Å². The minimum atomic E-state index is -0.544. The van der Waals surface area contributed by atoms with E-state index in [1.54, 1.807) is 0 Å². The lowest BCUT2D eigenvalue weighted by atomic mass is 9.77. The van der Waals surface area contributed by atoms with Gasteiger partial charge in [0.05, 0.1) is 7.11 Å². The van der Waals surface area contributed by atoms with Crippen LogP contribution in [0.3, 0.4) is 0 Å². The van der Waals surface area contributed by atoms with E-state index in [0.29, 0.717) is 6.42 Å². The summed E-state index contributed by atoms with van der Waals surface area (Å²) in [6, 6.07) is 9.95. The topological polar surface area (TPSA) is 43.4 Å². The quantitative estimate of drug-likeness (QED) is 0.607. The van der Waals surface area contributed by atoms with Gasteiger partial charge in [0.25, 0.3) is 0 Å². The minimum absolute atomic E-state index is 0.0368. The van der Waals surface area contributed by atoms with Gasteiger partial charge < -0.3 is 4.74 Å². The largest absolute Gasteiger partial charge is 0.468 e. The molecule has 0 heterocycles. The third kappa shape index (κ3) is 2.78. The minimum Gasteiger partial charge on any atom is -0.468 e. The fourth-order valence-corrected chi connectivity index (χ4v) is 2.61. The zero-order valence-electron chi connectivity index (χ0n) is 10.6. The van der Waals surface area contributed by atoms with Crippen LogP contribution in [0.5, 0.6) is 0 Å². The summed E-state index contributed by atoms with van der Waals surface area (Å²) >= 11 is 0. The molecule has 2 unspecified atom stereocenters. The van der Waals surface area contributed by atoms with Gasteiger partial charge in [0, 0.05) is 5.92 Å². The van der Waals surface area contributed by atoms with Gasteiger partial charge in [-0.25, -0.2) is 0 Å². The highest BCUT2D eigenvalue weighted by atomic mass is 16.5. The molecule has 0 spiro atoms. The summed E-state index contributed by atoms with van der Waals surface area (Å²) in [5, 5.41) is 0. The van der Waals surface area contributed by atoms with Crippen molar-refractivity contribution in [2.24, 2.45) is 11.8 Å². The molecule has 0 bridgehead atoms. The van der Waals surface area contributed by atoms with E-state index in [0.717, 1.165) is 24.8 Å². The van der Waals surface area contributed by atoms with Crippen LogP contribution < -0.4 is 0 Å². The van der Waals surface area contributed by atoms with Crippen LogP contribution >= 0.6 is 0 Å². The van der Waals surface area contributed by atoms with Crippen LogP contribution in [0.1, 0.15) is 24.8 Å². The van der Waals surface area contributed by atoms with Crippen LogP contribution in [-0.2, 0) is 20.7 Å². The summed E-state index contributed by atoms with van der Waals surface area (Å²) in [6.45, 7) is 0. The van der Waals surface area contributed by atoms with Gasteiger partial charge >= 0.3 is 5.97 Å². The van der Waals surface area contributed by atoms with Gasteiger partial charge in [-0.3, -0.25) is 9.59 Å². The second-order valence-corrected chi connectivity index (χ2v) is 4.80. The van der Waals surface area contributed by atoms with Crippen molar-refractivity contribution in [1.29, 1.82) is 0 Å². The Morgan fingerprint density at radius 3 is 2.67 bits per heavy atom. The number of ketones is 1. The van der Waals surface area contributed by atoms with Crippen molar-refractivity contribution in [3.05, 3.63) is 35.9 Å². The van der Waals surface area contributed by atoms with E-state index >= 15 is 0 Å². The molecule has 0 aromatic heterocycles. The fourth-order valence-electron chi connectivity index (χ4n) is 2.61. The van der Waals surface area contributed by atoms with E-state index in [1.165, 1.54) is 7.11 Å². The SMILES string of the molecule is COC(=O)C1CCCC(Cc2ccccc2)C1=O. The fraction of sp³-hybridized carbons (Fsp3) is 0.467. The van der Waals surface area contributed by atoms with Gasteiger partial charge in [0.15, 0.2) is 0 Å². The highest BCUT2D eigenvalue weighted by Gasteiger charge is 2.36. The molecule has 1 aromatic rings. The zero-order valence-corrected chi connectivity index (χ0v) is 10.6. The second-order valence-electron chi connectivity index (χ2n) is 4.80. The lowest BCUT2D eigenvalue weighted by molar-refractivity contribution is -0.152. The third-order valence-electron chi connectivity index (χ3n) is 3.60.